The number of benzene rings is 1. The molecule has 0 unspecified atom stereocenters. The Morgan fingerprint density at radius 1 is 1.19 bits per heavy atom. The summed E-state index contributed by atoms with van der Waals surface area (Å²) >= 11 is 0. The lowest BCUT2D eigenvalue weighted by Crippen LogP contribution is -1.99. The van der Waals surface area contributed by atoms with E-state index < -0.39 is 17.8 Å². The Kier molecular flexibility index (Phi) is 3.47. The number of halogens is 3. The SMILES string of the molecule is Fc1ccc(-c2cnn(Cc3ccn[nH]3)c2)cc1C(F)F. The Morgan fingerprint density at radius 3 is 2.76 bits per heavy atom. The van der Waals surface area contributed by atoms with Gasteiger partial charge in [0, 0.05) is 18.0 Å². The van der Waals surface area contributed by atoms with Gasteiger partial charge < -0.3 is 0 Å². The Hall–Kier alpha value is -2.57. The van der Waals surface area contributed by atoms with E-state index in [1.54, 1.807) is 23.3 Å². The minimum atomic E-state index is -2.84. The molecular formula is C14H11F3N4. The van der Waals surface area contributed by atoms with E-state index >= 15 is 0 Å². The summed E-state index contributed by atoms with van der Waals surface area (Å²) in [7, 11) is 0. The minimum Gasteiger partial charge on any atom is -0.281 e. The molecule has 0 fully saturated rings. The number of alkyl halides is 2. The van der Waals surface area contributed by atoms with Gasteiger partial charge in [-0.15, -0.1) is 0 Å². The van der Waals surface area contributed by atoms with Crippen LogP contribution in [0.15, 0.2) is 42.9 Å². The number of nitrogens with zero attached hydrogens (tertiary/aromatic N) is 3. The van der Waals surface area contributed by atoms with Crippen molar-refractivity contribution < 1.29 is 13.2 Å². The van der Waals surface area contributed by atoms with E-state index in [4.69, 9.17) is 0 Å². The van der Waals surface area contributed by atoms with Crippen molar-refractivity contribution in [2.24, 2.45) is 0 Å². The molecule has 3 rings (SSSR count). The fourth-order valence-corrected chi connectivity index (χ4v) is 2.04. The molecule has 21 heavy (non-hydrogen) atoms. The first kappa shape index (κ1) is 13.4. The molecule has 0 radical (unpaired) electrons. The van der Waals surface area contributed by atoms with Crippen LogP contribution in [-0.4, -0.2) is 20.0 Å². The maximum Gasteiger partial charge on any atom is 0.266 e. The van der Waals surface area contributed by atoms with Gasteiger partial charge in [0.25, 0.3) is 6.43 Å². The minimum absolute atomic E-state index is 0.489. The number of aromatic amines is 1. The highest BCUT2D eigenvalue weighted by molar-refractivity contribution is 5.62. The topological polar surface area (TPSA) is 46.5 Å². The Balaban J connectivity index is 1.87. The molecule has 1 aromatic carbocycles. The van der Waals surface area contributed by atoms with Crippen molar-refractivity contribution >= 4 is 0 Å². The van der Waals surface area contributed by atoms with Gasteiger partial charge in [0.1, 0.15) is 5.82 Å². The molecule has 2 heterocycles. The molecule has 2 aromatic heterocycles. The van der Waals surface area contributed by atoms with Crippen molar-refractivity contribution in [1.82, 2.24) is 20.0 Å². The van der Waals surface area contributed by atoms with Crippen LogP contribution in [0.1, 0.15) is 17.7 Å². The number of nitrogens with one attached hydrogen (secondary N) is 1. The summed E-state index contributed by atoms with van der Waals surface area (Å²) in [5, 5.41) is 10.8. The van der Waals surface area contributed by atoms with Crippen LogP contribution in [0.2, 0.25) is 0 Å². The highest BCUT2D eigenvalue weighted by Gasteiger charge is 2.15. The van der Waals surface area contributed by atoms with Gasteiger partial charge in [0.15, 0.2) is 0 Å². The molecule has 0 atom stereocenters. The molecule has 4 nitrogen and oxygen atoms in total. The lowest BCUT2D eigenvalue weighted by atomic mass is 10.1. The molecule has 0 aliphatic rings. The highest BCUT2D eigenvalue weighted by atomic mass is 19.3. The van der Waals surface area contributed by atoms with E-state index in [0.717, 1.165) is 17.8 Å². The van der Waals surface area contributed by atoms with Gasteiger partial charge in [-0.25, -0.2) is 13.2 Å². The van der Waals surface area contributed by atoms with Gasteiger partial charge in [0.05, 0.1) is 24.0 Å². The van der Waals surface area contributed by atoms with Crippen LogP contribution in [0.5, 0.6) is 0 Å². The Morgan fingerprint density at radius 2 is 2.05 bits per heavy atom. The zero-order valence-corrected chi connectivity index (χ0v) is 10.8. The second-order valence-corrected chi connectivity index (χ2v) is 4.55. The summed E-state index contributed by atoms with van der Waals surface area (Å²) in [5.74, 6) is -0.904. The molecule has 1 N–H and O–H groups in total. The number of H-pyrrole nitrogens is 1. The molecule has 0 spiro atoms. The van der Waals surface area contributed by atoms with Crippen LogP contribution in [0.25, 0.3) is 11.1 Å². The van der Waals surface area contributed by atoms with Crippen LogP contribution in [0.4, 0.5) is 13.2 Å². The van der Waals surface area contributed by atoms with Crippen LogP contribution in [-0.2, 0) is 6.54 Å². The number of aromatic nitrogens is 4. The van der Waals surface area contributed by atoms with E-state index in [9.17, 15) is 13.2 Å². The largest absolute Gasteiger partial charge is 0.281 e. The van der Waals surface area contributed by atoms with E-state index in [0.29, 0.717) is 17.7 Å². The van der Waals surface area contributed by atoms with E-state index in [2.05, 4.69) is 15.3 Å². The first-order valence-electron chi connectivity index (χ1n) is 6.22. The second kappa shape index (κ2) is 5.43. The van der Waals surface area contributed by atoms with Crippen molar-refractivity contribution in [1.29, 1.82) is 0 Å². The molecule has 3 aromatic rings. The quantitative estimate of drug-likeness (QED) is 0.801. The standard InChI is InChI=1S/C14H11F3N4/c15-13-2-1-9(5-12(13)14(16)17)10-6-19-21(7-10)8-11-3-4-18-20-11/h1-7,14H,8H2,(H,18,20). The lowest BCUT2D eigenvalue weighted by Gasteiger charge is -2.04. The summed E-state index contributed by atoms with van der Waals surface area (Å²) in [4.78, 5) is 0. The maximum absolute atomic E-state index is 13.3. The van der Waals surface area contributed by atoms with Crippen LogP contribution in [0, 0.1) is 5.82 Å². The van der Waals surface area contributed by atoms with Crippen molar-refractivity contribution in [2.45, 2.75) is 13.0 Å². The normalized spacial score (nSPS) is 11.2. The Bertz CT molecular complexity index is 735. The van der Waals surface area contributed by atoms with Crippen LogP contribution in [0.3, 0.4) is 0 Å². The first-order chi connectivity index (χ1) is 10.1. The summed E-state index contributed by atoms with van der Waals surface area (Å²) in [6.45, 7) is 0.489. The van der Waals surface area contributed by atoms with Crippen molar-refractivity contribution in [3.05, 3.63) is 59.9 Å². The molecule has 0 aliphatic heterocycles. The average Bonchev–Trinajstić information content (AvgIpc) is 3.11. The van der Waals surface area contributed by atoms with Gasteiger partial charge in [-0.3, -0.25) is 9.78 Å². The zero-order chi connectivity index (χ0) is 14.8. The number of hydrogen-bond acceptors (Lipinski definition) is 2. The molecule has 7 heteroatoms. The predicted octanol–water partition coefficient (Wildman–Crippen LogP) is 3.40. The summed E-state index contributed by atoms with van der Waals surface area (Å²) in [6, 6.07) is 5.47. The zero-order valence-electron chi connectivity index (χ0n) is 10.8. The Labute approximate surface area is 118 Å². The van der Waals surface area contributed by atoms with Crippen molar-refractivity contribution in [3.8, 4) is 11.1 Å². The second-order valence-electron chi connectivity index (χ2n) is 4.55. The summed E-state index contributed by atoms with van der Waals surface area (Å²) in [6.07, 6.45) is 2.06. The molecule has 0 bridgehead atoms. The molecule has 0 amide bonds. The average molecular weight is 292 g/mol. The van der Waals surface area contributed by atoms with Gasteiger partial charge in [-0.1, -0.05) is 6.07 Å². The monoisotopic (exact) mass is 292 g/mol. The van der Waals surface area contributed by atoms with Gasteiger partial charge in [-0.05, 0) is 23.8 Å². The third kappa shape index (κ3) is 2.81. The molecule has 108 valence electrons. The third-order valence-electron chi connectivity index (χ3n) is 3.09. The molecule has 0 aliphatic carbocycles. The highest BCUT2D eigenvalue weighted by Crippen LogP contribution is 2.27. The molecule has 0 saturated heterocycles. The maximum atomic E-state index is 13.3. The van der Waals surface area contributed by atoms with Gasteiger partial charge in [0.2, 0.25) is 0 Å². The van der Waals surface area contributed by atoms with Crippen LogP contribution >= 0.6 is 0 Å². The third-order valence-corrected chi connectivity index (χ3v) is 3.09. The van der Waals surface area contributed by atoms with Gasteiger partial charge >= 0.3 is 0 Å². The van der Waals surface area contributed by atoms with E-state index in [-0.39, 0.29) is 0 Å². The summed E-state index contributed by atoms with van der Waals surface area (Å²) in [5.41, 5.74) is 1.42. The molecule has 0 saturated carbocycles. The first-order valence-corrected chi connectivity index (χ1v) is 6.22. The number of hydrogen-bond donors (Lipinski definition) is 1. The van der Waals surface area contributed by atoms with Crippen molar-refractivity contribution in [3.63, 3.8) is 0 Å². The predicted molar refractivity (Wildman–Crippen MR) is 70.3 cm³/mol. The van der Waals surface area contributed by atoms with Crippen LogP contribution < -0.4 is 0 Å². The number of rotatable bonds is 4. The molecular weight excluding hydrogens is 281 g/mol. The fraction of sp³-hybridized carbons (Fsp3) is 0.143. The lowest BCUT2D eigenvalue weighted by molar-refractivity contribution is 0.146. The summed E-state index contributed by atoms with van der Waals surface area (Å²) < 4.78 is 40.3. The smallest absolute Gasteiger partial charge is 0.266 e. The van der Waals surface area contributed by atoms with E-state index in [1.807, 2.05) is 6.07 Å². The fourth-order valence-electron chi connectivity index (χ4n) is 2.04. The van der Waals surface area contributed by atoms with Gasteiger partial charge in [-0.2, -0.15) is 10.2 Å². The van der Waals surface area contributed by atoms with Crippen molar-refractivity contribution in [2.75, 3.05) is 0 Å². The van der Waals surface area contributed by atoms with E-state index in [1.165, 1.54) is 6.07 Å².